The molecule has 5 rings (SSSR count). The van der Waals surface area contributed by atoms with Crippen molar-refractivity contribution in [2.45, 2.75) is 122 Å². The number of benzene rings is 1. The Morgan fingerprint density at radius 1 is 1.00 bits per heavy atom. The lowest BCUT2D eigenvalue weighted by Gasteiger charge is -2.64. The first-order valence-corrected chi connectivity index (χ1v) is 18.6. The molecule has 4 aliphatic rings. The summed E-state index contributed by atoms with van der Waals surface area (Å²) in [6.45, 7) is 9.31. The summed E-state index contributed by atoms with van der Waals surface area (Å²) < 4.78 is 66.5. The van der Waals surface area contributed by atoms with E-state index in [-0.39, 0.29) is 46.2 Å². The molecular weight excluding hydrogens is 605 g/mol. The number of Topliss-reactive ketones (excluding diaryl/α,β-unsaturated/α-hetero) is 1. The minimum atomic E-state index is -4.87. The molecule has 2 N–H and O–H groups in total. The Balaban J connectivity index is 1.18. The monoisotopic (exact) mass is 656 g/mol. The normalized spacial score (nSPS) is 39.0. The molecule has 0 radical (unpaired) electrons. The van der Waals surface area contributed by atoms with Crippen molar-refractivity contribution in [3.63, 3.8) is 0 Å². The number of aliphatic hydroxyl groups excluding tert-OH is 2. The van der Waals surface area contributed by atoms with Crippen molar-refractivity contribution in [1.82, 2.24) is 0 Å². The maximum absolute atomic E-state index is 12.7. The maximum Gasteiger partial charge on any atom is 0.573 e. The van der Waals surface area contributed by atoms with Gasteiger partial charge >= 0.3 is 6.36 Å². The molecule has 1 unspecified atom stereocenters. The van der Waals surface area contributed by atoms with Crippen LogP contribution in [0.4, 0.5) is 13.2 Å². The van der Waals surface area contributed by atoms with E-state index in [1.807, 2.05) is 0 Å². The van der Waals surface area contributed by atoms with E-state index in [4.69, 9.17) is 0 Å². The minimum Gasteiger partial charge on any atom is -0.406 e. The molecule has 0 aliphatic heterocycles. The van der Waals surface area contributed by atoms with Crippen LogP contribution in [0.5, 0.6) is 5.75 Å². The number of ketones is 1. The lowest BCUT2D eigenvalue weighted by atomic mass is 9.41. The predicted octanol–water partition coefficient (Wildman–Crippen LogP) is 7.36. The van der Waals surface area contributed by atoms with Crippen LogP contribution in [-0.4, -0.2) is 48.7 Å². The highest BCUT2D eigenvalue weighted by atomic mass is 32.2. The third-order valence-corrected chi connectivity index (χ3v) is 14.7. The number of ether oxygens (including phenoxy) is 1. The van der Waals surface area contributed by atoms with Crippen LogP contribution >= 0.6 is 0 Å². The van der Waals surface area contributed by atoms with Crippen LogP contribution < -0.4 is 4.74 Å². The number of sulfone groups is 1. The van der Waals surface area contributed by atoms with Crippen LogP contribution in [0.2, 0.25) is 0 Å². The molecule has 1 aromatic carbocycles. The number of hydrogen-bond acceptors (Lipinski definition) is 6. The van der Waals surface area contributed by atoms with Crippen molar-refractivity contribution in [2.24, 2.45) is 52.3 Å². The molecule has 4 aliphatic carbocycles. The third-order valence-electron chi connectivity index (χ3n) is 13.0. The maximum atomic E-state index is 12.7. The number of alkyl halides is 3. The second kappa shape index (κ2) is 12.8. The summed E-state index contributed by atoms with van der Waals surface area (Å²) in [6.07, 6.45) is 4.14. The van der Waals surface area contributed by atoms with Crippen molar-refractivity contribution in [3.05, 3.63) is 24.3 Å². The number of carbonyl (C=O) groups is 1. The summed E-state index contributed by atoms with van der Waals surface area (Å²) in [4.78, 5) is 12.5. The zero-order valence-corrected chi connectivity index (χ0v) is 27.9. The van der Waals surface area contributed by atoms with E-state index >= 15 is 0 Å². The van der Waals surface area contributed by atoms with Gasteiger partial charge in [0.05, 0.1) is 17.1 Å². The van der Waals surface area contributed by atoms with Gasteiger partial charge in [0.25, 0.3) is 0 Å². The first-order chi connectivity index (χ1) is 21.0. The van der Waals surface area contributed by atoms with Crippen molar-refractivity contribution in [1.29, 1.82) is 0 Å². The van der Waals surface area contributed by atoms with Crippen molar-refractivity contribution in [2.75, 3.05) is 5.75 Å². The fraction of sp³-hybridized carbons (Fsp3) is 0.800. The summed E-state index contributed by atoms with van der Waals surface area (Å²) in [5.41, 5.74) is 0.279. The SMILES string of the molecule is CC[C@H]1[C@@H](O)[C@@H]2[C@H](CC[C@]3(C)C([C@H](C)CCCC(=O)CS(=O)(=O)c4ccc(OC(F)(F)F)cc4)CC[C@@H]23)[C@@]2(C)CC[C@@H](O)C[C@@H]12. The van der Waals surface area contributed by atoms with E-state index in [1.165, 1.54) is 0 Å². The standard InChI is InChI=1S/C35H51F3O6S/c1-5-26-30-19-22(39)15-17-34(30,4)29-16-18-33(3)27(13-14-28(33)31(29)32(26)41)21(2)7-6-8-23(40)20-45(42,43)25-11-9-24(10-12-25)44-35(36,37)38/h9-12,21-22,26-32,39,41H,5-8,13-20H2,1-4H3/t21-,22-,26-,27?,28+,29+,30+,31+,32-,33-,34-/m1/s1. The summed E-state index contributed by atoms with van der Waals surface area (Å²) >= 11 is 0. The van der Waals surface area contributed by atoms with E-state index in [0.29, 0.717) is 36.0 Å². The smallest absolute Gasteiger partial charge is 0.406 e. The number of halogens is 3. The Morgan fingerprint density at radius 2 is 1.64 bits per heavy atom. The van der Waals surface area contributed by atoms with Gasteiger partial charge in [0, 0.05) is 6.42 Å². The molecular formula is C35H51F3O6S. The molecule has 0 heterocycles. The van der Waals surface area contributed by atoms with Crippen LogP contribution in [0.15, 0.2) is 29.2 Å². The van der Waals surface area contributed by atoms with Gasteiger partial charge in [-0.1, -0.05) is 40.5 Å². The van der Waals surface area contributed by atoms with Gasteiger partial charge in [0.2, 0.25) is 0 Å². The van der Waals surface area contributed by atoms with Crippen LogP contribution in [-0.2, 0) is 14.6 Å². The summed E-state index contributed by atoms with van der Waals surface area (Å²) in [7, 11) is -3.98. The molecule has 0 bridgehead atoms. The van der Waals surface area contributed by atoms with Gasteiger partial charge in [-0.2, -0.15) is 0 Å². The number of fused-ring (bicyclic) bond motifs is 5. The molecule has 4 saturated carbocycles. The Bertz CT molecular complexity index is 1320. The quantitative estimate of drug-likeness (QED) is 0.273. The molecule has 0 aromatic heterocycles. The Hall–Kier alpha value is -1.65. The average Bonchev–Trinajstić information content (AvgIpc) is 3.30. The van der Waals surface area contributed by atoms with Crippen LogP contribution in [0.3, 0.4) is 0 Å². The Kier molecular flexibility index (Phi) is 9.83. The van der Waals surface area contributed by atoms with E-state index in [1.54, 1.807) is 0 Å². The fourth-order valence-corrected chi connectivity index (χ4v) is 12.3. The van der Waals surface area contributed by atoms with Gasteiger partial charge in [-0.25, -0.2) is 8.42 Å². The lowest BCUT2D eigenvalue weighted by molar-refractivity contribution is -0.274. The van der Waals surface area contributed by atoms with Gasteiger partial charge in [-0.3, -0.25) is 4.79 Å². The summed E-state index contributed by atoms with van der Waals surface area (Å²) in [6, 6.07) is 3.92. The summed E-state index contributed by atoms with van der Waals surface area (Å²) in [5, 5.41) is 22.4. The lowest BCUT2D eigenvalue weighted by Crippen LogP contribution is -2.62. The molecule has 0 spiro atoms. The fourth-order valence-electron chi connectivity index (χ4n) is 11.0. The van der Waals surface area contributed by atoms with Crippen LogP contribution in [0, 0.1) is 52.3 Å². The molecule has 4 fully saturated rings. The number of hydrogen-bond donors (Lipinski definition) is 2. The molecule has 0 saturated heterocycles. The van der Waals surface area contributed by atoms with Gasteiger partial charge in [0.15, 0.2) is 9.84 Å². The second-order valence-electron chi connectivity index (χ2n) is 15.3. The number of aliphatic hydroxyl groups is 2. The van der Waals surface area contributed by atoms with Gasteiger partial charge in [-0.15, -0.1) is 13.2 Å². The van der Waals surface area contributed by atoms with Crippen molar-refractivity contribution >= 4 is 15.6 Å². The molecule has 11 atom stereocenters. The number of rotatable bonds is 10. The third kappa shape index (κ3) is 6.71. The van der Waals surface area contributed by atoms with Gasteiger partial charge in [0.1, 0.15) is 17.3 Å². The van der Waals surface area contributed by atoms with Crippen molar-refractivity contribution in [3.8, 4) is 5.75 Å². The highest BCUT2D eigenvalue weighted by Gasteiger charge is 2.64. The first-order valence-electron chi connectivity index (χ1n) is 17.0. The topological polar surface area (TPSA) is 101 Å². The Labute approximate surface area is 266 Å². The predicted molar refractivity (Wildman–Crippen MR) is 165 cm³/mol. The molecule has 45 heavy (non-hydrogen) atoms. The zero-order chi connectivity index (χ0) is 32.9. The minimum absolute atomic E-state index is 0.118. The molecule has 0 amide bonds. The molecule has 254 valence electrons. The number of carbonyl (C=O) groups excluding carboxylic acids is 1. The van der Waals surface area contributed by atoms with E-state index < -0.39 is 33.5 Å². The average molecular weight is 657 g/mol. The highest BCUT2D eigenvalue weighted by Crippen LogP contribution is 2.69. The largest absolute Gasteiger partial charge is 0.573 e. The zero-order valence-electron chi connectivity index (χ0n) is 27.1. The van der Waals surface area contributed by atoms with Gasteiger partial charge in [-0.05, 0) is 128 Å². The molecule has 6 nitrogen and oxygen atoms in total. The highest BCUT2D eigenvalue weighted by molar-refractivity contribution is 7.92. The molecule has 1 aromatic rings. The van der Waals surface area contributed by atoms with Crippen molar-refractivity contribution < 1.29 is 41.3 Å². The van der Waals surface area contributed by atoms with Crippen LogP contribution in [0.25, 0.3) is 0 Å². The van der Waals surface area contributed by atoms with E-state index in [9.17, 15) is 36.6 Å². The molecule has 10 heteroatoms. The summed E-state index contributed by atoms with van der Waals surface area (Å²) in [5.74, 6) is 1.04. The van der Waals surface area contributed by atoms with E-state index in [0.717, 1.165) is 82.1 Å². The van der Waals surface area contributed by atoms with Gasteiger partial charge < -0.3 is 14.9 Å². The second-order valence-corrected chi connectivity index (χ2v) is 17.3. The van der Waals surface area contributed by atoms with E-state index in [2.05, 4.69) is 32.4 Å². The van der Waals surface area contributed by atoms with Crippen LogP contribution in [0.1, 0.15) is 98.3 Å². The Morgan fingerprint density at radius 3 is 2.29 bits per heavy atom. The first kappa shape index (κ1) is 34.7.